The highest BCUT2D eigenvalue weighted by molar-refractivity contribution is 5.81. The Kier molecular flexibility index (Phi) is 3.27. The molecule has 2 unspecified atom stereocenters. The van der Waals surface area contributed by atoms with E-state index < -0.39 is 6.10 Å². The number of hydrogen-bond acceptors (Lipinski definition) is 3. The first-order valence-corrected chi connectivity index (χ1v) is 8.06. The van der Waals surface area contributed by atoms with Gasteiger partial charge in [-0.05, 0) is 37.7 Å². The first kappa shape index (κ1) is 13.4. The van der Waals surface area contributed by atoms with E-state index in [9.17, 15) is 5.11 Å². The number of aliphatic hydroxyl groups excluding tert-OH is 1. The van der Waals surface area contributed by atoms with Gasteiger partial charge in [-0.1, -0.05) is 31.0 Å². The fraction of sp³-hybridized carbons (Fsp3) is 0.556. The molecule has 3 nitrogen and oxygen atoms in total. The van der Waals surface area contributed by atoms with Crippen molar-refractivity contribution < 1.29 is 14.3 Å². The zero-order valence-electron chi connectivity index (χ0n) is 12.3. The van der Waals surface area contributed by atoms with Crippen molar-refractivity contribution in [1.29, 1.82) is 0 Å². The van der Waals surface area contributed by atoms with Gasteiger partial charge in [-0.25, -0.2) is 0 Å². The van der Waals surface area contributed by atoms with Crippen molar-refractivity contribution >= 4 is 11.0 Å². The molecule has 1 aliphatic heterocycles. The summed E-state index contributed by atoms with van der Waals surface area (Å²) in [5.74, 6) is 0.276. The van der Waals surface area contributed by atoms with E-state index in [-0.39, 0.29) is 11.5 Å². The molecule has 2 atom stereocenters. The summed E-state index contributed by atoms with van der Waals surface area (Å²) >= 11 is 0. The van der Waals surface area contributed by atoms with Crippen molar-refractivity contribution in [3.8, 4) is 0 Å². The number of ether oxygens (including phenoxy) is 1. The van der Waals surface area contributed by atoms with Crippen LogP contribution in [0.15, 0.2) is 34.9 Å². The van der Waals surface area contributed by atoms with E-state index in [1.807, 2.05) is 24.3 Å². The summed E-state index contributed by atoms with van der Waals surface area (Å²) in [6.07, 6.45) is 8.02. The van der Waals surface area contributed by atoms with E-state index in [0.29, 0.717) is 0 Å². The molecule has 3 heteroatoms. The van der Waals surface area contributed by atoms with Crippen LogP contribution in [0.4, 0.5) is 0 Å². The maximum atomic E-state index is 10.9. The van der Waals surface area contributed by atoms with Crippen LogP contribution in [-0.2, 0) is 4.74 Å². The smallest absolute Gasteiger partial charge is 0.134 e. The van der Waals surface area contributed by atoms with Gasteiger partial charge in [0.1, 0.15) is 5.58 Å². The van der Waals surface area contributed by atoms with E-state index in [2.05, 4.69) is 0 Å². The van der Waals surface area contributed by atoms with Gasteiger partial charge in [0.15, 0.2) is 0 Å². The Labute approximate surface area is 124 Å². The number of rotatable bonds is 2. The normalized spacial score (nSPS) is 26.4. The van der Waals surface area contributed by atoms with Crippen molar-refractivity contribution in [2.45, 2.75) is 50.2 Å². The maximum Gasteiger partial charge on any atom is 0.134 e. The van der Waals surface area contributed by atoms with Crippen LogP contribution < -0.4 is 0 Å². The third-order valence-electron chi connectivity index (χ3n) is 5.32. The number of fused-ring (bicyclic) bond motifs is 1. The Hall–Kier alpha value is -1.32. The van der Waals surface area contributed by atoms with Crippen LogP contribution in [0.5, 0.6) is 0 Å². The second-order valence-corrected chi connectivity index (χ2v) is 6.62. The van der Waals surface area contributed by atoms with E-state index in [1.54, 1.807) is 6.26 Å². The van der Waals surface area contributed by atoms with Gasteiger partial charge < -0.3 is 14.3 Å². The summed E-state index contributed by atoms with van der Waals surface area (Å²) < 4.78 is 11.7. The molecule has 1 aromatic carbocycles. The van der Waals surface area contributed by atoms with Crippen molar-refractivity contribution in [3.05, 3.63) is 36.1 Å². The van der Waals surface area contributed by atoms with E-state index in [4.69, 9.17) is 9.15 Å². The summed E-state index contributed by atoms with van der Waals surface area (Å²) in [5.41, 5.74) is 1.84. The van der Waals surface area contributed by atoms with Gasteiger partial charge in [-0.2, -0.15) is 0 Å². The Bertz CT molecular complexity index is 624. The lowest BCUT2D eigenvalue weighted by Crippen LogP contribution is -2.39. The second kappa shape index (κ2) is 5.15. The minimum Gasteiger partial charge on any atom is -0.464 e. The largest absolute Gasteiger partial charge is 0.464 e. The Balaban J connectivity index is 1.60. The maximum absolute atomic E-state index is 10.9. The monoisotopic (exact) mass is 286 g/mol. The van der Waals surface area contributed by atoms with Crippen LogP contribution >= 0.6 is 0 Å². The highest BCUT2D eigenvalue weighted by Crippen LogP contribution is 2.46. The third kappa shape index (κ3) is 2.29. The second-order valence-electron chi connectivity index (χ2n) is 6.62. The van der Waals surface area contributed by atoms with Gasteiger partial charge in [0, 0.05) is 17.6 Å². The topological polar surface area (TPSA) is 42.6 Å². The molecule has 0 radical (unpaired) electrons. The van der Waals surface area contributed by atoms with Gasteiger partial charge in [0.25, 0.3) is 0 Å². The lowest BCUT2D eigenvalue weighted by atomic mass is 9.80. The predicted octanol–water partition coefficient (Wildman–Crippen LogP) is 4.21. The Morgan fingerprint density at radius 1 is 1.19 bits per heavy atom. The van der Waals surface area contributed by atoms with Crippen LogP contribution in [0.2, 0.25) is 0 Å². The molecule has 1 spiro atoms. The molecule has 4 rings (SSSR count). The summed E-state index contributed by atoms with van der Waals surface area (Å²) in [6.45, 7) is 0.775. The molecule has 1 saturated heterocycles. The molecule has 2 aliphatic rings. The van der Waals surface area contributed by atoms with Crippen molar-refractivity contribution in [3.63, 3.8) is 0 Å². The molecule has 2 aromatic rings. The van der Waals surface area contributed by atoms with Crippen molar-refractivity contribution in [2.24, 2.45) is 5.92 Å². The lowest BCUT2D eigenvalue weighted by Gasteiger charge is -2.40. The van der Waals surface area contributed by atoms with E-state index >= 15 is 0 Å². The minimum absolute atomic E-state index is 0.0451. The Morgan fingerprint density at radius 3 is 2.86 bits per heavy atom. The quantitative estimate of drug-likeness (QED) is 0.899. The molecular weight excluding hydrogens is 264 g/mol. The molecule has 1 saturated carbocycles. The summed E-state index contributed by atoms with van der Waals surface area (Å²) in [6, 6.07) is 7.94. The number of aliphatic hydroxyl groups is 1. The minimum atomic E-state index is -0.449. The first-order valence-electron chi connectivity index (χ1n) is 8.06. The molecule has 0 bridgehead atoms. The van der Waals surface area contributed by atoms with Crippen LogP contribution in [0.25, 0.3) is 11.0 Å². The molecule has 2 fully saturated rings. The number of hydrogen-bond donors (Lipinski definition) is 1. The zero-order chi connectivity index (χ0) is 14.3. The number of benzene rings is 1. The third-order valence-corrected chi connectivity index (χ3v) is 5.32. The molecule has 0 amide bonds. The summed E-state index contributed by atoms with van der Waals surface area (Å²) in [5, 5.41) is 11.9. The molecule has 1 aliphatic carbocycles. The van der Waals surface area contributed by atoms with Gasteiger partial charge in [0.2, 0.25) is 0 Å². The van der Waals surface area contributed by atoms with Crippen LogP contribution in [0.1, 0.15) is 50.2 Å². The fourth-order valence-electron chi connectivity index (χ4n) is 4.18. The average Bonchev–Trinajstić information content (AvgIpc) is 3.14. The van der Waals surface area contributed by atoms with Crippen molar-refractivity contribution in [1.82, 2.24) is 0 Å². The molecule has 1 N–H and O–H groups in total. The highest BCUT2D eigenvalue weighted by Gasteiger charge is 2.42. The van der Waals surface area contributed by atoms with Gasteiger partial charge in [0.05, 0.1) is 18.0 Å². The zero-order valence-corrected chi connectivity index (χ0v) is 12.3. The predicted molar refractivity (Wildman–Crippen MR) is 81.0 cm³/mol. The van der Waals surface area contributed by atoms with Crippen molar-refractivity contribution in [2.75, 3.05) is 6.61 Å². The molecule has 112 valence electrons. The number of para-hydroxylation sites is 1. The molecule has 1 aromatic heterocycles. The van der Waals surface area contributed by atoms with Gasteiger partial charge >= 0.3 is 0 Å². The molecular formula is C18H22O3. The summed E-state index contributed by atoms with van der Waals surface area (Å²) in [7, 11) is 0. The average molecular weight is 286 g/mol. The van der Waals surface area contributed by atoms with E-state index in [0.717, 1.165) is 48.8 Å². The first-order chi connectivity index (χ1) is 10.3. The van der Waals surface area contributed by atoms with Gasteiger partial charge in [-0.15, -0.1) is 0 Å². The Morgan fingerprint density at radius 2 is 2.00 bits per heavy atom. The van der Waals surface area contributed by atoms with E-state index in [1.165, 1.54) is 12.8 Å². The SMILES string of the molecule is OC(c1coc2ccccc12)C1CCOC2(CCCC2)C1. The standard InChI is InChI=1S/C18H22O3/c19-17(15-12-20-16-6-2-1-5-14(15)16)13-7-10-21-18(11-13)8-3-4-9-18/h1-2,5-6,12-13,17,19H,3-4,7-11H2. The highest BCUT2D eigenvalue weighted by atomic mass is 16.5. The van der Waals surface area contributed by atoms with Crippen LogP contribution in [-0.4, -0.2) is 17.3 Å². The molecule has 2 heterocycles. The molecule has 21 heavy (non-hydrogen) atoms. The van der Waals surface area contributed by atoms with Crippen LogP contribution in [0, 0.1) is 5.92 Å². The number of furan rings is 1. The van der Waals surface area contributed by atoms with Gasteiger partial charge in [-0.3, -0.25) is 0 Å². The fourth-order valence-corrected chi connectivity index (χ4v) is 4.18. The lowest BCUT2D eigenvalue weighted by molar-refractivity contribution is -0.113. The van der Waals surface area contributed by atoms with Crippen LogP contribution in [0.3, 0.4) is 0 Å². The summed E-state index contributed by atoms with van der Waals surface area (Å²) in [4.78, 5) is 0.